The average molecular weight is 624 g/mol. The molecule has 11 heteroatoms. The number of aliphatic carboxylic acids is 2. The highest BCUT2D eigenvalue weighted by atomic mass is 32.2. The summed E-state index contributed by atoms with van der Waals surface area (Å²) in [7, 11) is 0. The first kappa shape index (κ1) is 31.7. The number of amides is 2. The molecule has 0 radical (unpaired) electrons. The highest BCUT2D eigenvalue weighted by molar-refractivity contribution is 7.89. The number of hydrogen-bond donors (Lipinski definition) is 6. The van der Waals surface area contributed by atoms with Gasteiger partial charge >= 0.3 is 11.9 Å². The molecule has 0 bridgehead atoms. The number of carbonyl (C=O) groups excluding carboxylic acids is 2. The van der Waals surface area contributed by atoms with Crippen LogP contribution in [0.15, 0.2) is 16.8 Å². The second-order valence-electron chi connectivity index (χ2n) is 12.4. The smallest absolute Gasteiger partial charge is 0.303 e. The number of hydrogen-bond acceptors (Lipinski definition) is 4. The fourth-order valence-electron chi connectivity index (χ4n) is 7.16. The Morgan fingerprint density at radius 3 is 2.07 bits per heavy atom. The van der Waals surface area contributed by atoms with Gasteiger partial charge in [-0.25, -0.2) is 0 Å². The van der Waals surface area contributed by atoms with E-state index in [1.54, 1.807) is 0 Å². The van der Waals surface area contributed by atoms with E-state index in [9.17, 15) is 29.4 Å². The van der Waals surface area contributed by atoms with Crippen LogP contribution in [-0.4, -0.2) is 60.0 Å². The van der Waals surface area contributed by atoms with Crippen LogP contribution in [0.4, 0.5) is 0 Å². The molecule has 5 heterocycles. The standard InChI is InChI=1S/C33H42N4O6S/c1-7-20-15(2)24(36-32(20)43)12-23-16(3)21(8-10-29(38)39)26(34-23)13-27-22(9-11-30(40)41)17(4)25(35-27)14-28-33(19(6)44-33)18(5)31(42)37-28/h14,18-19,24,34-35H,7-13H2,1-6H3,(H,36,43)(H,37,42)(H,38,39)(H,40,41)/p+1/b28-14-/t18-,19-,24+,33-/m0/s1. The van der Waals surface area contributed by atoms with Crippen molar-refractivity contribution >= 4 is 41.6 Å². The molecule has 4 atom stereocenters. The van der Waals surface area contributed by atoms with Gasteiger partial charge in [0.1, 0.15) is 0 Å². The van der Waals surface area contributed by atoms with Gasteiger partial charge in [0, 0.05) is 54.0 Å². The normalized spacial score (nSPS) is 25.3. The molecule has 44 heavy (non-hydrogen) atoms. The number of H-pyrrole nitrogens is 2. The maximum absolute atomic E-state index is 12.6. The van der Waals surface area contributed by atoms with Gasteiger partial charge in [-0.05, 0) is 99.5 Å². The summed E-state index contributed by atoms with van der Waals surface area (Å²) in [5.41, 5.74) is 10.1. The topological polar surface area (TPSA) is 164 Å². The van der Waals surface area contributed by atoms with Crippen LogP contribution in [0, 0.1) is 19.8 Å². The van der Waals surface area contributed by atoms with E-state index in [-0.39, 0.29) is 41.4 Å². The summed E-state index contributed by atoms with van der Waals surface area (Å²) in [6, 6.07) is -0.132. The molecule has 2 aromatic heterocycles. The molecule has 2 amide bonds. The van der Waals surface area contributed by atoms with Crippen LogP contribution in [-0.2, 0) is 56.6 Å². The zero-order valence-electron chi connectivity index (χ0n) is 26.2. The minimum Gasteiger partial charge on any atom is -0.481 e. The molecule has 236 valence electrons. The highest BCUT2D eigenvalue weighted by Gasteiger charge is 2.75. The number of carboxylic acid groups (broad SMARTS) is 2. The van der Waals surface area contributed by atoms with Gasteiger partial charge in [0.05, 0.1) is 17.7 Å². The fraction of sp³-hybridized carbons (Fsp3) is 0.515. The lowest BCUT2D eigenvalue weighted by Crippen LogP contribution is -2.30. The molecule has 6 N–H and O–H groups in total. The van der Waals surface area contributed by atoms with Gasteiger partial charge in [0.15, 0.2) is 5.25 Å². The summed E-state index contributed by atoms with van der Waals surface area (Å²) in [6.45, 7) is 12.0. The number of thiol groups is 1. The molecule has 0 aliphatic carbocycles. The number of carbonyl (C=O) groups is 4. The van der Waals surface area contributed by atoms with E-state index in [0.29, 0.717) is 37.4 Å². The quantitative estimate of drug-likeness (QED) is 0.121. The zero-order valence-corrected chi connectivity index (χ0v) is 27.1. The molecule has 0 unspecified atom stereocenters. The first-order valence-electron chi connectivity index (χ1n) is 15.4. The summed E-state index contributed by atoms with van der Waals surface area (Å²) in [4.78, 5) is 55.4. The van der Waals surface area contributed by atoms with Crippen LogP contribution in [0.2, 0.25) is 0 Å². The largest absolute Gasteiger partial charge is 0.481 e. The maximum Gasteiger partial charge on any atom is 0.303 e. The zero-order chi connectivity index (χ0) is 32.1. The van der Waals surface area contributed by atoms with E-state index in [0.717, 1.165) is 61.9 Å². The molecule has 3 aliphatic heterocycles. The number of rotatable bonds is 12. The lowest BCUT2D eigenvalue weighted by molar-refractivity contribution is -0.138. The molecule has 2 saturated heterocycles. The summed E-state index contributed by atoms with van der Waals surface area (Å²) < 4.78 is -0.203. The van der Waals surface area contributed by atoms with Gasteiger partial charge in [-0.3, -0.25) is 19.2 Å². The minimum atomic E-state index is -0.883. The summed E-state index contributed by atoms with van der Waals surface area (Å²) >= 11 is 1.23. The van der Waals surface area contributed by atoms with Crippen molar-refractivity contribution < 1.29 is 29.4 Å². The van der Waals surface area contributed by atoms with Gasteiger partial charge < -0.3 is 30.8 Å². The van der Waals surface area contributed by atoms with Crippen molar-refractivity contribution in [2.45, 2.75) is 103 Å². The van der Waals surface area contributed by atoms with E-state index in [1.165, 1.54) is 11.8 Å². The van der Waals surface area contributed by atoms with Gasteiger partial charge in [-0.1, -0.05) is 6.92 Å². The fourth-order valence-corrected chi connectivity index (χ4v) is 8.69. The van der Waals surface area contributed by atoms with Crippen molar-refractivity contribution in [3.63, 3.8) is 0 Å². The number of aromatic amines is 2. The molecule has 0 aromatic carbocycles. The lowest BCUT2D eigenvalue weighted by Gasteiger charge is -2.12. The van der Waals surface area contributed by atoms with Crippen LogP contribution in [0.25, 0.3) is 6.08 Å². The number of aromatic nitrogens is 2. The van der Waals surface area contributed by atoms with E-state index < -0.39 is 11.9 Å². The van der Waals surface area contributed by atoms with Gasteiger partial charge in [0.2, 0.25) is 16.6 Å². The first-order valence-corrected chi connectivity index (χ1v) is 16.3. The molecular formula is C33H43N4O6S+. The van der Waals surface area contributed by atoms with E-state index in [2.05, 4.69) is 27.5 Å². The molecular weight excluding hydrogens is 580 g/mol. The van der Waals surface area contributed by atoms with E-state index in [4.69, 9.17) is 0 Å². The van der Waals surface area contributed by atoms with Crippen LogP contribution < -0.4 is 10.6 Å². The number of carboxylic acids is 2. The van der Waals surface area contributed by atoms with Gasteiger partial charge in [-0.2, -0.15) is 0 Å². The van der Waals surface area contributed by atoms with Crippen LogP contribution in [0.1, 0.15) is 92.0 Å². The Morgan fingerprint density at radius 1 is 0.932 bits per heavy atom. The third kappa shape index (κ3) is 5.62. The van der Waals surface area contributed by atoms with Gasteiger partial charge in [0.25, 0.3) is 0 Å². The summed E-state index contributed by atoms with van der Waals surface area (Å²) in [6.07, 6.45) is 4.33. The minimum absolute atomic E-state index is 0.0193. The van der Waals surface area contributed by atoms with Crippen LogP contribution in [0.3, 0.4) is 0 Å². The Kier molecular flexibility index (Phi) is 8.63. The molecule has 5 rings (SSSR count). The van der Waals surface area contributed by atoms with Crippen molar-refractivity contribution in [1.29, 1.82) is 0 Å². The van der Waals surface area contributed by atoms with E-state index >= 15 is 0 Å². The van der Waals surface area contributed by atoms with Crippen molar-refractivity contribution in [3.8, 4) is 0 Å². The predicted molar refractivity (Wildman–Crippen MR) is 171 cm³/mol. The SMILES string of the molecule is CCC1=C(C)[C@@H](Cc2[nH]c(Cc3[nH]c(/C=C4\NC(=O)[C@H](C)[C@@]45[SH+][C@H]5C)c(C)c3CCC(=O)O)c(CCC(=O)O)c2C)NC1=O. The first-order chi connectivity index (χ1) is 20.8. The van der Waals surface area contributed by atoms with E-state index in [1.807, 2.05) is 40.7 Å². The Bertz CT molecular complexity index is 1610. The van der Waals surface area contributed by atoms with Crippen LogP contribution in [0.5, 0.6) is 0 Å². The Balaban J connectivity index is 1.52. The van der Waals surface area contributed by atoms with Gasteiger partial charge in [-0.15, -0.1) is 0 Å². The maximum atomic E-state index is 12.6. The van der Waals surface area contributed by atoms with Crippen molar-refractivity contribution in [3.05, 3.63) is 61.9 Å². The monoisotopic (exact) mass is 623 g/mol. The third-order valence-corrected chi connectivity index (χ3v) is 11.9. The molecule has 2 aromatic rings. The van der Waals surface area contributed by atoms with Crippen molar-refractivity contribution in [1.82, 2.24) is 20.6 Å². The van der Waals surface area contributed by atoms with Crippen molar-refractivity contribution in [2.24, 2.45) is 5.92 Å². The third-order valence-electron chi connectivity index (χ3n) is 9.96. The highest BCUT2D eigenvalue weighted by Crippen LogP contribution is 2.52. The number of nitrogens with one attached hydrogen (secondary N) is 4. The Labute approximate surface area is 261 Å². The van der Waals surface area contributed by atoms with Crippen molar-refractivity contribution in [2.75, 3.05) is 0 Å². The average Bonchev–Trinajstić information content (AvgIpc) is 3.13. The lowest BCUT2D eigenvalue weighted by atomic mass is 9.91. The Morgan fingerprint density at radius 2 is 1.52 bits per heavy atom. The predicted octanol–water partition coefficient (Wildman–Crippen LogP) is 3.41. The molecule has 2 fully saturated rings. The molecule has 10 nitrogen and oxygen atoms in total. The van der Waals surface area contributed by atoms with Crippen LogP contribution >= 0.6 is 0 Å². The Hall–Kier alpha value is -3.73. The summed E-state index contributed by atoms with van der Waals surface area (Å²) in [5.74, 6) is -1.89. The molecule has 0 saturated carbocycles. The second kappa shape index (κ2) is 12.0. The molecule has 1 spiro atoms. The molecule has 3 aliphatic rings. The second-order valence-corrected chi connectivity index (χ2v) is 14.2. The summed E-state index contributed by atoms with van der Waals surface area (Å²) in [5, 5.41) is 25.5.